The monoisotopic (exact) mass is 277 g/mol. The van der Waals surface area contributed by atoms with E-state index in [1.807, 2.05) is 7.05 Å². The van der Waals surface area contributed by atoms with Crippen molar-refractivity contribution < 1.29 is 9.53 Å². The second-order valence-electron chi connectivity index (χ2n) is 5.38. The van der Waals surface area contributed by atoms with Gasteiger partial charge in [-0.15, -0.1) is 0 Å². The highest BCUT2D eigenvalue weighted by Crippen LogP contribution is 2.26. The molecular formula is C15H23N3O2. The SMILES string of the molecule is COC(=O)c1cc(N(C)C2CCCCCC2)ncc1N. The van der Waals surface area contributed by atoms with Gasteiger partial charge in [-0.05, 0) is 18.9 Å². The Morgan fingerprint density at radius 1 is 1.35 bits per heavy atom. The second kappa shape index (κ2) is 6.59. The number of carbonyl (C=O) groups excluding carboxylic acids is 1. The number of ether oxygens (including phenoxy) is 1. The summed E-state index contributed by atoms with van der Waals surface area (Å²) in [5, 5.41) is 0. The van der Waals surface area contributed by atoms with Crippen LogP contribution in [-0.2, 0) is 4.74 Å². The summed E-state index contributed by atoms with van der Waals surface area (Å²) in [5.74, 6) is 0.368. The molecule has 2 rings (SSSR count). The molecule has 0 radical (unpaired) electrons. The van der Waals surface area contributed by atoms with Crippen LogP contribution >= 0.6 is 0 Å². The van der Waals surface area contributed by atoms with Crippen molar-refractivity contribution in [3.8, 4) is 0 Å². The quantitative estimate of drug-likeness (QED) is 0.679. The van der Waals surface area contributed by atoms with Gasteiger partial charge < -0.3 is 15.4 Å². The van der Waals surface area contributed by atoms with Gasteiger partial charge in [-0.25, -0.2) is 9.78 Å². The van der Waals surface area contributed by atoms with Crippen LogP contribution < -0.4 is 10.6 Å². The Morgan fingerprint density at radius 2 is 2.00 bits per heavy atom. The number of nitrogens with zero attached hydrogens (tertiary/aromatic N) is 2. The standard InChI is InChI=1S/C15H23N3O2/c1-18(11-7-5-3-4-6-8-11)14-9-12(15(19)20-2)13(16)10-17-14/h9-11H,3-8,16H2,1-2H3. The molecule has 0 unspecified atom stereocenters. The van der Waals surface area contributed by atoms with Crippen molar-refractivity contribution in [2.75, 3.05) is 24.8 Å². The molecule has 1 saturated carbocycles. The Balaban J connectivity index is 2.20. The summed E-state index contributed by atoms with van der Waals surface area (Å²) in [4.78, 5) is 18.2. The predicted molar refractivity (Wildman–Crippen MR) is 79.9 cm³/mol. The minimum atomic E-state index is -0.416. The van der Waals surface area contributed by atoms with Crippen molar-refractivity contribution in [3.05, 3.63) is 17.8 Å². The van der Waals surface area contributed by atoms with Crippen LogP contribution in [-0.4, -0.2) is 31.2 Å². The molecule has 0 aromatic carbocycles. The molecule has 20 heavy (non-hydrogen) atoms. The van der Waals surface area contributed by atoms with Crippen LogP contribution in [0.4, 0.5) is 11.5 Å². The third-order valence-electron chi connectivity index (χ3n) is 4.06. The summed E-state index contributed by atoms with van der Waals surface area (Å²) in [6.45, 7) is 0. The van der Waals surface area contributed by atoms with Crippen LogP contribution in [0.3, 0.4) is 0 Å². The molecule has 1 aliphatic rings. The molecule has 0 saturated heterocycles. The van der Waals surface area contributed by atoms with E-state index in [-0.39, 0.29) is 0 Å². The zero-order chi connectivity index (χ0) is 14.5. The van der Waals surface area contributed by atoms with Crippen LogP contribution in [0.2, 0.25) is 0 Å². The van der Waals surface area contributed by atoms with Gasteiger partial charge in [0.25, 0.3) is 0 Å². The molecular weight excluding hydrogens is 254 g/mol. The van der Waals surface area contributed by atoms with Gasteiger partial charge in [0.05, 0.1) is 24.6 Å². The topological polar surface area (TPSA) is 68.5 Å². The fourth-order valence-corrected chi connectivity index (χ4v) is 2.77. The van der Waals surface area contributed by atoms with Gasteiger partial charge in [0.1, 0.15) is 5.82 Å². The van der Waals surface area contributed by atoms with Crippen LogP contribution in [0.15, 0.2) is 12.3 Å². The first kappa shape index (κ1) is 14.6. The fourth-order valence-electron chi connectivity index (χ4n) is 2.77. The third kappa shape index (κ3) is 3.21. The number of carbonyl (C=O) groups is 1. The minimum Gasteiger partial charge on any atom is -0.465 e. The number of nitrogens with two attached hydrogens (primary N) is 1. The van der Waals surface area contributed by atoms with Gasteiger partial charge in [0.2, 0.25) is 0 Å². The summed E-state index contributed by atoms with van der Waals surface area (Å²) in [6, 6.07) is 2.21. The Hall–Kier alpha value is -1.78. The highest BCUT2D eigenvalue weighted by atomic mass is 16.5. The molecule has 1 fully saturated rings. The van der Waals surface area contributed by atoms with Crippen LogP contribution in [0.1, 0.15) is 48.9 Å². The zero-order valence-electron chi connectivity index (χ0n) is 12.3. The Labute approximate surface area is 120 Å². The summed E-state index contributed by atoms with van der Waals surface area (Å²) < 4.78 is 4.75. The number of nitrogen functional groups attached to an aromatic ring is 1. The minimum absolute atomic E-state index is 0.356. The lowest BCUT2D eigenvalue weighted by atomic mass is 10.1. The van der Waals surface area contributed by atoms with Crippen molar-refractivity contribution in [2.45, 2.75) is 44.6 Å². The Bertz CT molecular complexity index is 468. The smallest absolute Gasteiger partial charge is 0.340 e. The van der Waals surface area contributed by atoms with Gasteiger partial charge in [-0.3, -0.25) is 0 Å². The molecule has 1 aliphatic carbocycles. The molecule has 0 atom stereocenters. The molecule has 0 aliphatic heterocycles. The molecule has 1 aromatic heterocycles. The molecule has 0 spiro atoms. The molecule has 0 amide bonds. The first-order valence-corrected chi connectivity index (χ1v) is 7.20. The number of aromatic nitrogens is 1. The fraction of sp³-hybridized carbons (Fsp3) is 0.600. The first-order valence-electron chi connectivity index (χ1n) is 7.20. The van der Waals surface area contributed by atoms with E-state index in [4.69, 9.17) is 10.5 Å². The number of pyridine rings is 1. The van der Waals surface area contributed by atoms with Gasteiger partial charge in [-0.2, -0.15) is 0 Å². The maximum Gasteiger partial charge on any atom is 0.340 e. The molecule has 0 bridgehead atoms. The average Bonchev–Trinajstić information content (AvgIpc) is 2.75. The normalized spacial score (nSPS) is 16.5. The average molecular weight is 277 g/mol. The summed E-state index contributed by atoms with van der Waals surface area (Å²) in [7, 11) is 3.40. The lowest BCUT2D eigenvalue weighted by molar-refractivity contribution is 0.0602. The largest absolute Gasteiger partial charge is 0.465 e. The second-order valence-corrected chi connectivity index (χ2v) is 5.38. The van der Waals surface area contributed by atoms with Gasteiger partial charge >= 0.3 is 5.97 Å². The molecule has 5 heteroatoms. The third-order valence-corrected chi connectivity index (χ3v) is 4.06. The van der Waals surface area contributed by atoms with E-state index < -0.39 is 5.97 Å². The first-order chi connectivity index (χ1) is 9.63. The van der Waals surface area contributed by atoms with Crippen molar-refractivity contribution in [2.24, 2.45) is 0 Å². The van der Waals surface area contributed by atoms with E-state index in [0.29, 0.717) is 17.3 Å². The lowest BCUT2D eigenvalue weighted by Gasteiger charge is -2.28. The van der Waals surface area contributed by atoms with Crippen LogP contribution in [0.5, 0.6) is 0 Å². The van der Waals surface area contributed by atoms with E-state index in [2.05, 4.69) is 9.88 Å². The summed E-state index contributed by atoms with van der Waals surface area (Å²) in [6.07, 6.45) is 9.03. The number of hydrogen-bond acceptors (Lipinski definition) is 5. The maximum absolute atomic E-state index is 11.7. The Kier molecular flexibility index (Phi) is 4.82. The number of methoxy groups -OCH3 is 1. The highest BCUT2D eigenvalue weighted by molar-refractivity contribution is 5.95. The highest BCUT2D eigenvalue weighted by Gasteiger charge is 2.20. The van der Waals surface area contributed by atoms with Gasteiger partial charge in [0.15, 0.2) is 0 Å². The summed E-state index contributed by atoms with van der Waals surface area (Å²) in [5.41, 5.74) is 6.53. The number of rotatable bonds is 3. The van der Waals surface area contributed by atoms with E-state index in [9.17, 15) is 4.79 Å². The van der Waals surface area contributed by atoms with E-state index >= 15 is 0 Å². The van der Waals surface area contributed by atoms with Crippen molar-refractivity contribution in [1.82, 2.24) is 4.98 Å². The van der Waals surface area contributed by atoms with Crippen LogP contribution in [0.25, 0.3) is 0 Å². The van der Waals surface area contributed by atoms with Gasteiger partial charge in [0, 0.05) is 13.1 Å². The van der Waals surface area contributed by atoms with Crippen molar-refractivity contribution in [3.63, 3.8) is 0 Å². The summed E-state index contributed by atoms with van der Waals surface area (Å²) >= 11 is 0. The van der Waals surface area contributed by atoms with E-state index in [0.717, 1.165) is 5.82 Å². The van der Waals surface area contributed by atoms with Crippen molar-refractivity contribution in [1.29, 1.82) is 0 Å². The van der Waals surface area contributed by atoms with E-state index in [1.165, 1.54) is 51.8 Å². The van der Waals surface area contributed by atoms with Crippen LogP contribution in [0, 0.1) is 0 Å². The molecule has 2 N–H and O–H groups in total. The van der Waals surface area contributed by atoms with Gasteiger partial charge in [-0.1, -0.05) is 25.7 Å². The lowest BCUT2D eigenvalue weighted by Crippen LogP contribution is -2.32. The Morgan fingerprint density at radius 3 is 2.60 bits per heavy atom. The van der Waals surface area contributed by atoms with E-state index in [1.54, 1.807) is 6.07 Å². The molecule has 5 nitrogen and oxygen atoms in total. The van der Waals surface area contributed by atoms with Crippen molar-refractivity contribution >= 4 is 17.5 Å². The number of hydrogen-bond donors (Lipinski definition) is 1. The number of esters is 1. The number of anilines is 2. The predicted octanol–water partition coefficient (Wildman–Crippen LogP) is 2.61. The zero-order valence-corrected chi connectivity index (χ0v) is 12.3. The molecule has 1 aromatic rings. The molecule has 1 heterocycles. The maximum atomic E-state index is 11.7. The molecule has 110 valence electrons.